The molecule has 4 rings (SSSR count). The quantitative estimate of drug-likeness (QED) is 0.158. The molecule has 1 atom stereocenters. The highest BCUT2D eigenvalue weighted by atomic mass is 32.2. The van der Waals surface area contributed by atoms with Crippen LogP contribution in [0.5, 0.6) is 0 Å². The molecule has 0 aliphatic rings. The number of carboxylic acid groups (broad SMARTS) is 1. The SMILES string of the molecule is CN(CC(O)CNC(C)(C)Cc1ccc2ccccc2c1)S(=O)(=O)c1ccc(-c2ccc(NC(=O)CCC(=O)O)cc2)cc1. The Morgan fingerprint density at radius 1 is 0.864 bits per heavy atom. The average molecular weight is 618 g/mol. The fourth-order valence-electron chi connectivity index (χ4n) is 4.96. The molecule has 0 saturated heterocycles. The summed E-state index contributed by atoms with van der Waals surface area (Å²) in [6.45, 7) is 4.28. The van der Waals surface area contributed by atoms with Gasteiger partial charge in [0.2, 0.25) is 15.9 Å². The third-order valence-electron chi connectivity index (χ3n) is 7.37. The smallest absolute Gasteiger partial charge is 0.303 e. The summed E-state index contributed by atoms with van der Waals surface area (Å²) < 4.78 is 27.6. The molecule has 4 N–H and O–H groups in total. The zero-order chi connectivity index (χ0) is 31.9. The highest BCUT2D eigenvalue weighted by Gasteiger charge is 2.25. The number of fused-ring (bicyclic) bond motifs is 1. The van der Waals surface area contributed by atoms with Crippen LogP contribution in [0.3, 0.4) is 0 Å². The van der Waals surface area contributed by atoms with E-state index < -0.39 is 22.1 Å². The lowest BCUT2D eigenvalue weighted by atomic mass is 9.93. The Morgan fingerprint density at radius 2 is 1.48 bits per heavy atom. The Morgan fingerprint density at radius 3 is 2.11 bits per heavy atom. The van der Waals surface area contributed by atoms with Gasteiger partial charge in [0.1, 0.15) is 0 Å². The number of likely N-dealkylation sites (N-methyl/N-ethyl adjacent to an activating group) is 1. The van der Waals surface area contributed by atoms with Crippen LogP contribution in [0.25, 0.3) is 21.9 Å². The second-order valence-electron chi connectivity index (χ2n) is 11.6. The van der Waals surface area contributed by atoms with Gasteiger partial charge in [-0.2, -0.15) is 4.31 Å². The number of aliphatic hydroxyl groups is 1. The summed E-state index contributed by atoms with van der Waals surface area (Å²) in [5.74, 6) is -1.42. The van der Waals surface area contributed by atoms with Gasteiger partial charge in [0.05, 0.1) is 17.4 Å². The zero-order valence-electron chi connectivity index (χ0n) is 25.2. The predicted molar refractivity (Wildman–Crippen MR) is 173 cm³/mol. The number of sulfonamides is 1. The molecule has 0 bridgehead atoms. The summed E-state index contributed by atoms with van der Waals surface area (Å²) in [7, 11) is -2.38. The van der Waals surface area contributed by atoms with Crippen molar-refractivity contribution in [3.63, 3.8) is 0 Å². The van der Waals surface area contributed by atoms with E-state index in [0.717, 1.165) is 21.9 Å². The number of nitrogens with one attached hydrogen (secondary N) is 2. The van der Waals surface area contributed by atoms with E-state index in [1.807, 2.05) is 12.1 Å². The molecule has 0 aromatic heterocycles. The average Bonchev–Trinajstić information content (AvgIpc) is 2.99. The first-order valence-electron chi connectivity index (χ1n) is 14.4. The van der Waals surface area contributed by atoms with Crippen LogP contribution >= 0.6 is 0 Å². The lowest BCUT2D eigenvalue weighted by Crippen LogP contribution is -2.47. The summed E-state index contributed by atoms with van der Waals surface area (Å²) in [5, 5.41) is 27.8. The first kappa shape index (κ1) is 32.8. The zero-order valence-corrected chi connectivity index (χ0v) is 26.0. The van der Waals surface area contributed by atoms with Gasteiger partial charge >= 0.3 is 5.97 Å². The van der Waals surface area contributed by atoms with Crippen molar-refractivity contribution in [1.82, 2.24) is 9.62 Å². The van der Waals surface area contributed by atoms with Crippen LogP contribution in [0.15, 0.2) is 95.9 Å². The maximum Gasteiger partial charge on any atom is 0.303 e. The molecule has 4 aromatic carbocycles. The number of hydrogen-bond donors (Lipinski definition) is 4. The van der Waals surface area contributed by atoms with E-state index >= 15 is 0 Å². The standard InChI is InChI=1S/C34H39N3O6S/c1-34(2,21-24-8-9-25-6-4-5-7-28(25)20-24)35-22-30(38)23-37(3)44(42,43)31-16-12-27(13-17-31)26-10-14-29(15-11-26)36-32(39)18-19-33(40)41/h4-17,20,30,35,38H,18-19,21-23H2,1-3H3,(H,36,39)(H,40,41). The predicted octanol–water partition coefficient (Wildman–Crippen LogP) is 4.90. The van der Waals surface area contributed by atoms with Crippen LogP contribution in [0.2, 0.25) is 0 Å². The van der Waals surface area contributed by atoms with Crippen LogP contribution < -0.4 is 10.6 Å². The fraction of sp³-hybridized carbons (Fsp3) is 0.294. The number of nitrogens with zero attached hydrogens (tertiary/aromatic N) is 1. The molecule has 0 fully saturated rings. The molecule has 10 heteroatoms. The van der Waals surface area contributed by atoms with Crippen molar-refractivity contribution < 1.29 is 28.2 Å². The van der Waals surface area contributed by atoms with E-state index in [9.17, 15) is 23.1 Å². The topological polar surface area (TPSA) is 136 Å². The Labute approximate surface area is 258 Å². The highest BCUT2D eigenvalue weighted by Crippen LogP contribution is 2.25. The molecule has 0 aliphatic carbocycles. The highest BCUT2D eigenvalue weighted by molar-refractivity contribution is 7.89. The van der Waals surface area contributed by atoms with Gasteiger partial charge in [0.25, 0.3) is 0 Å². The van der Waals surface area contributed by atoms with Crippen LogP contribution in [0.4, 0.5) is 5.69 Å². The van der Waals surface area contributed by atoms with Crippen molar-refractivity contribution in [1.29, 1.82) is 0 Å². The number of amides is 1. The second kappa shape index (κ2) is 14.1. The number of benzene rings is 4. The third kappa shape index (κ3) is 8.96. The minimum atomic E-state index is -3.83. The number of hydrogen-bond acceptors (Lipinski definition) is 6. The number of aliphatic carboxylic acids is 1. The van der Waals surface area contributed by atoms with Crippen molar-refractivity contribution in [3.05, 3.63) is 96.6 Å². The molecule has 0 saturated carbocycles. The van der Waals surface area contributed by atoms with Crippen LogP contribution in [0, 0.1) is 0 Å². The molecule has 0 aliphatic heterocycles. The van der Waals surface area contributed by atoms with Gasteiger partial charge in [-0.15, -0.1) is 0 Å². The van der Waals surface area contributed by atoms with Crippen molar-refractivity contribution in [2.24, 2.45) is 0 Å². The number of rotatable bonds is 14. The molecule has 9 nitrogen and oxygen atoms in total. The molecular weight excluding hydrogens is 578 g/mol. The Bertz CT molecular complexity index is 1700. The molecular formula is C34H39N3O6S. The first-order chi connectivity index (χ1) is 20.8. The minimum Gasteiger partial charge on any atom is -0.481 e. The number of carbonyl (C=O) groups excluding carboxylic acids is 1. The maximum absolute atomic E-state index is 13.2. The van der Waals surface area contributed by atoms with Gasteiger partial charge in [-0.3, -0.25) is 9.59 Å². The van der Waals surface area contributed by atoms with E-state index in [0.29, 0.717) is 5.69 Å². The summed E-state index contributed by atoms with van der Waals surface area (Å²) in [5.41, 5.74) is 3.00. The lowest BCUT2D eigenvalue weighted by Gasteiger charge is -2.29. The lowest BCUT2D eigenvalue weighted by molar-refractivity contribution is -0.138. The first-order valence-corrected chi connectivity index (χ1v) is 15.9. The number of carboxylic acids is 1. The Hall–Kier alpha value is -4.09. The van der Waals surface area contributed by atoms with E-state index in [1.54, 1.807) is 36.4 Å². The molecule has 0 radical (unpaired) electrons. The van der Waals surface area contributed by atoms with Gasteiger partial charge in [-0.25, -0.2) is 8.42 Å². The molecule has 0 spiro atoms. The Balaban J connectivity index is 1.30. The largest absolute Gasteiger partial charge is 0.481 e. The molecule has 4 aromatic rings. The summed E-state index contributed by atoms with van der Waals surface area (Å²) in [4.78, 5) is 22.6. The summed E-state index contributed by atoms with van der Waals surface area (Å²) in [6.07, 6.45) is -0.517. The van der Waals surface area contributed by atoms with Gasteiger partial charge in [0, 0.05) is 37.8 Å². The van der Waals surface area contributed by atoms with Crippen LogP contribution in [0.1, 0.15) is 32.3 Å². The summed E-state index contributed by atoms with van der Waals surface area (Å²) in [6, 6.07) is 28.0. The normalized spacial score (nSPS) is 12.8. The minimum absolute atomic E-state index is 0.0667. The molecule has 232 valence electrons. The molecule has 1 unspecified atom stereocenters. The monoisotopic (exact) mass is 617 g/mol. The van der Waals surface area contributed by atoms with Crippen LogP contribution in [-0.2, 0) is 26.0 Å². The van der Waals surface area contributed by atoms with Crippen molar-refractivity contribution in [3.8, 4) is 11.1 Å². The summed E-state index contributed by atoms with van der Waals surface area (Å²) >= 11 is 0. The molecule has 0 heterocycles. The van der Waals surface area contributed by atoms with Crippen molar-refractivity contribution >= 4 is 38.4 Å². The maximum atomic E-state index is 13.2. The number of aliphatic hydroxyl groups excluding tert-OH is 1. The number of carbonyl (C=O) groups is 2. The van der Waals surface area contributed by atoms with E-state index in [2.05, 4.69) is 54.8 Å². The van der Waals surface area contributed by atoms with E-state index in [4.69, 9.17) is 5.11 Å². The van der Waals surface area contributed by atoms with Gasteiger partial charge in [0.15, 0.2) is 0 Å². The van der Waals surface area contributed by atoms with Crippen molar-refractivity contribution in [2.45, 2.75) is 49.6 Å². The number of β-amino-alcohol motifs (C(OH)–C–C–N with tert-alkyl or cyclic N) is 1. The molecule has 1 amide bonds. The van der Waals surface area contributed by atoms with Gasteiger partial charge in [-0.05, 0) is 72.0 Å². The van der Waals surface area contributed by atoms with E-state index in [-0.39, 0.29) is 42.3 Å². The van der Waals surface area contributed by atoms with Crippen molar-refractivity contribution in [2.75, 3.05) is 25.5 Å². The van der Waals surface area contributed by atoms with Gasteiger partial charge in [-0.1, -0.05) is 66.7 Å². The molecule has 44 heavy (non-hydrogen) atoms. The number of anilines is 1. The van der Waals surface area contributed by atoms with Gasteiger partial charge < -0.3 is 20.8 Å². The van der Waals surface area contributed by atoms with Crippen LogP contribution in [-0.4, -0.2) is 66.6 Å². The fourth-order valence-corrected chi connectivity index (χ4v) is 6.17. The van der Waals surface area contributed by atoms with E-state index in [1.165, 1.54) is 35.5 Å². The second-order valence-corrected chi connectivity index (χ2v) is 13.7. The third-order valence-corrected chi connectivity index (χ3v) is 9.21. The Kier molecular flexibility index (Phi) is 10.5.